The lowest BCUT2D eigenvalue weighted by molar-refractivity contribution is -0.384. The number of hydrogen-bond donors (Lipinski definition) is 1. The third-order valence-electron chi connectivity index (χ3n) is 4.81. The van der Waals surface area contributed by atoms with E-state index in [1.54, 1.807) is 35.2 Å². The smallest absolute Gasteiger partial charge is 0.269 e. The fourth-order valence-electron chi connectivity index (χ4n) is 3.19. The maximum absolute atomic E-state index is 13.2. The molecule has 33 heavy (non-hydrogen) atoms. The Morgan fingerprint density at radius 3 is 2.36 bits per heavy atom. The molecule has 2 aromatic carbocycles. The highest BCUT2D eigenvalue weighted by Gasteiger charge is 2.29. The van der Waals surface area contributed by atoms with Crippen LogP contribution >= 0.6 is 35.0 Å². The molecule has 2 amide bonds. The Balaban J connectivity index is 2.15. The monoisotopic (exact) mass is 511 g/mol. The van der Waals surface area contributed by atoms with Crippen LogP contribution in [0, 0.1) is 10.1 Å². The highest BCUT2D eigenvalue weighted by atomic mass is 35.5. The predicted molar refractivity (Wildman–Crippen MR) is 134 cm³/mol. The zero-order valence-electron chi connectivity index (χ0n) is 18.7. The first kappa shape index (κ1) is 27.0. The number of hydrogen-bond acceptors (Lipinski definition) is 5. The first-order valence-electron chi connectivity index (χ1n) is 10.5. The molecule has 10 heteroatoms. The number of nitro groups is 1. The van der Waals surface area contributed by atoms with Crippen molar-refractivity contribution < 1.29 is 14.5 Å². The second-order valence-corrected chi connectivity index (χ2v) is 9.59. The molecule has 1 atom stereocenters. The molecule has 2 rings (SSSR count). The predicted octanol–water partition coefficient (Wildman–Crippen LogP) is 5.47. The molecule has 1 N–H and O–H groups in total. The number of benzene rings is 2. The first-order valence-corrected chi connectivity index (χ1v) is 12.4. The molecule has 0 aliphatic carbocycles. The van der Waals surface area contributed by atoms with Gasteiger partial charge in [0.2, 0.25) is 11.8 Å². The lowest BCUT2D eigenvalue weighted by Gasteiger charge is -2.31. The van der Waals surface area contributed by atoms with E-state index in [0.29, 0.717) is 27.8 Å². The molecule has 178 valence electrons. The van der Waals surface area contributed by atoms with Crippen molar-refractivity contribution in [1.29, 1.82) is 0 Å². The van der Waals surface area contributed by atoms with E-state index in [2.05, 4.69) is 5.32 Å². The fraction of sp³-hybridized carbons (Fsp3) is 0.391. The van der Waals surface area contributed by atoms with E-state index in [4.69, 9.17) is 23.2 Å². The number of nitrogens with zero attached hydrogens (tertiary/aromatic N) is 2. The van der Waals surface area contributed by atoms with Crippen LogP contribution in [0.25, 0.3) is 0 Å². The highest BCUT2D eigenvalue weighted by Crippen LogP contribution is 2.25. The maximum Gasteiger partial charge on any atom is 0.269 e. The minimum atomic E-state index is -0.647. The Labute approximate surface area is 208 Å². The largest absolute Gasteiger partial charge is 0.352 e. The number of carbonyl (C=O) groups is 2. The quantitative estimate of drug-likeness (QED) is 0.319. The number of thioether (sulfide) groups is 1. The normalized spacial score (nSPS) is 11.8. The van der Waals surface area contributed by atoms with Crippen molar-refractivity contribution in [3.63, 3.8) is 0 Å². The fourth-order valence-corrected chi connectivity index (χ4v) is 4.53. The molecule has 0 radical (unpaired) electrons. The second-order valence-electron chi connectivity index (χ2n) is 7.76. The van der Waals surface area contributed by atoms with Gasteiger partial charge in [-0.15, -0.1) is 11.8 Å². The summed E-state index contributed by atoms with van der Waals surface area (Å²) >= 11 is 13.7. The van der Waals surface area contributed by atoms with E-state index in [-0.39, 0.29) is 35.8 Å². The summed E-state index contributed by atoms with van der Waals surface area (Å²) in [5, 5.41) is 14.6. The van der Waals surface area contributed by atoms with E-state index < -0.39 is 11.0 Å². The zero-order valence-corrected chi connectivity index (χ0v) is 21.0. The Morgan fingerprint density at radius 2 is 1.82 bits per heavy atom. The molecule has 1 unspecified atom stereocenters. The van der Waals surface area contributed by atoms with Gasteiger partial charge < -0.3 is 10.2 Å². The molecule has 0 bridgehead atoms. The number of halogens is 2. The van der Waals surface area contributed by atoms with Gasteiger partial charge in [0, 0.05) is 40.5 Å². The van der Waals surface area contributed by atoms with Crippen LogP contribution in [-0.4, -0.2) is 39.5 Å². The summed E-state index contributed by atoms with van der Waals surface area (Å²) in [6.45, 7) is 5.77. The maximum atomic E-state index is 13.2. The molecule has 0 heterocycles. The zero-order chi connectivity index (χ0) is 24.5. The van der Waals surface area contributed by atoms with E-state index in [1.165, 1.54) is 23.9 Å². The molecular weight excluding hydrogens is 485 g/mol. The Kier molecular flexibility index (Phi) is 10.5. The molecule has 0 spiro atoms. The van der Waals surface area contributed by atoms with Crippen molar-refractivity contribution >= 4 is 52.5 Å². The van der Waals surface area contributed by atoms with E-state index >= 15 is 0 Å². The summed E-state index contributed by atoms with van der Waals surface area (Å²) in [5.41, 5.74) is 1.59. The van der Waals surface area contributed by atoms with E-state index in [0.717, 1.165) is 5.56 Å². The molecule has 0 fully saturated rings. The summed E-state index contributed by atoms with van der Waals surface area (Å²) in [6.07, 6.45) is 0.447. The lowest BCUT2D eigenvalue weighted by Crippen LogP contribution is -2.51. The number of nitrogens with one attached hydrogen (secondary N) is 1. The van der Waals surface area contributed by atoms with Crippen LogP contribution < -0.4 is 5.32 Å². The number of carbonyl (C=O) groups excluding carboxylic acids is 2. The van der Waals surface area contributed by atoms with E-state index in [9.17, 15) is 19.7 Å². The van der Waals surface area contributed by atoms with Crippen molar-refractivity contribution in [3.05, 3.63) is 73.8 Å². The molecule has 0 aliphatic heterocycles. The Morgan fingerprint density at radius 1 is 1.15 bits per heavy atom. The Bertz CT molecular complexity index is 986. The average molecular weight is 512 g/mol. The van der Waals surface area contributed by atoms with Crippen LogP contribution in [0.15, 0.2) is 42.5 Å². The molecule has 0 saturated heterocycles. The molecule has 7 nitrogen and oxygen atoms in total. The van der Waals surface area contributed by atoms with Crippen molar-refractivity contribution in [1.82, 2.24) is 10.2 Å². The van der Waals surface area contributed by atoms with Gasteiger partial charge in [-0.05, 0) is 43.5 Å². The van der Waals surface area contributed by atoms with Crippen LogP contribution in [0.4, 0.5) is 5.69 Å². The molecule has 0 aliphatic rings. The lowest BCUT2D eigenvalue weighted by atomic mass is 10.1. The molecule has 0 aromatic heterocycles. The summed E-state index contributed by atoms with van der Waals surface area (Å²) in [4.78, 5) is 37.9. The van der Waals surface area contributed by atoms with Crippen LogP contribution in [-0.2, 0) is 21.9 Å². The summed E-state index contributed by atoms with van der Waals surface area (Å²) in [7, 11) is 0. The SMILES string of the molecule is CCC(C(=O)NC(C)C)N(Cc1ccc(Cl)cc1Cl)C(=O)CSCc1ccc([N+](=O)[O-])cc1. The van der Waals surface area contributed by atoms with Gasteiger partial charge in [-0.1, -0.05) is 48.3 Å². The topological polar surface area (TPSA) is 92.6 Å². The third-order valence-corrected chi connectivity index (χ3v) is 6.39. The van der Waals surface area contributed by atoms with Crippen LogP contribution in [0.3, 0.4) is 0 Å². The second kappa shape index (κ2) is 12.8. The molecule has 2 aromatic rings. The minimum Gasteiger partial charge on any atom is -0.352 e. The highest BCUT2D eigenvalue weighted by molar-refractivity contribution is 7.99. The number of amides is 2. The van der Waals surface area contributed by atoms with Gasteiger partial charge >= 0.3 is 0 Å². The van der Waals surface area contributed by atoms with Gasteiger partial charge in [-0.3, -0.25) is 19.7 Å². The van der Waals surface area contributed by atoms with Gasteiger partial charge in [-0.2, -0.15) is 0 Å². The number of non-ortho nitro benzene ring substituents is 1. The number of rotatable bonds is 11. The molecular formula is C23H27Cl2N3O4S. The van der Waals surface area contributed by atoms with Crippen LogP contribution in [0.1, 0.15) is 38.3 Å². The summed E-state index contributed by atoms with van der Waals surface area (Å²) < 4.78 is 0. The van der Waals surface area contributed by atoms with Gasteiger partial charge in [0.1, 0.15) is 6.04 Å². The average Bonchev–Trinajstić information content (AvgIpc) is 2.74. The van der Waals surface area contributed by atoms with Crippen LogP contribution in [0.5, 0.6) is 0 Å². The van der Waals surface area contributed by atoms with Crippen LogP contribution in [0.2, 0.25) is 10.0 Å². The third kappa shape index (κ3) is 8.21. The van der Waals surface area contributed by atoms with Gasteiger partial charge in [0.25, 0.3) is 5.69 Å². The minimum absolute atomic E-state index is 0.0211. The Hall–Kier alpha value is -2.29. The molecule has 0 saturated carbocycles. The van der Waals surface area contributed by atoms with Crippen molar-refractivity contribution in [2.24, 2.45) is 0 Å². The summed E-state index contributed by atoms with van der Waals surface area (Å²) in [5.74, 6) is 0.243. The van der Waals surface area contributed by atoms with Gasteiger partial charge in [0.15, 0.2) is 0 Å². The van der Waals surface area contributed by atoms with Gasteiger partial charge in [0.05, 0.1) is 10.7 Å². The van der Waals surface area contributed by atoms with Gasteiger partial charge in [-0.25, -0.2) is 0 Å². The summed E-state index contributed by atoms with van der Waals surface area (Å²) in [6, 6.07) is 10.6. The van der Waals surface area contributed by atoms with Crippen molar-refractivity contribution in [2.45, 2.75) is 51.6 Å². The first-order chi connectivity index (χ1) is 15.6. The standard InChI is InChI=1S/C23H27Cl2N3O4S/c1-4-21(23(30)26-15(2)3)27(12-17-7-8-18(24)11-20(17)25)22(29)14-33-13-16-5-9-19(10-6-16)28(31)32/h5-11,15,21H,4,12-14H2,1-3H3,(H,26,30). The number of nitro benzene ring substituents is 1. The van der Waals surface area contributed by atoms with E-state index in [1.807, 2.05) is 20.8 Å². The van der Waals surface area contributed by atoms with Crippen molar-refractivity contribution in [3.8, 4) is 0 Å². The van der Waals surface area contributed by atoms with Crippen molar-refractivity contribution in [2.75, 3.05) is 5.75 Å².